The number of likely N-dealkylation sites (tertiary alicyclic amines) is 1. The van der Waals surface area contributed by atoms with Gasteiger partial charge in [0.05, 0.1) is 6.26 Å². The van der Waals surface area contributed by atoms with Gasteiger partial charge in [0.2, 0.25) is 15.9 Å². The summed E-state index contributed by atoms with van der Waals surface area (Å²) in [7, 11) is -3.33. The van der Waals surface area contributed by atoms with E-state index in [0.29, 0.717) is 31.5 Å². The molecule has 5 nitrogen and oxygen atoms in total. The fraction of sp³-hybridized carbons (Fsp3) is 0.409. The van der Waals surface area contributed by atoms with Crippen LogP contribution in [0.5, 0.6) is 0 Å². The van der Waals surface area contributed by atoms with Gasteiger partial charge in [0.15, 0.2) is 11.6 Å². The van der Waals surface area contributed by atoms with E-state index >= 15 is 0 Å². The van der Waals surface area contributed by atoms with Crippen LogP contribution in [0.15, 0.2) is 42.5 Å². The molecule has 1 saturated heterocycles. The monoisotopic (exact) mass is 434 g/mol. The lowest BCUT2D eigenvalue weighted by Gasteiger charge is -2.33. The fourth-order valence-corrected chi connectivity index (χ4v) is 5.20. The Morgan fingerprint density at radius 1 is 1.10 bits per heavy atom. The molecular weight excluding hydrogens is 410 g/mol. The SMILES string of the molecule is CS(=O)(=O)NC1CCCN(C(=O)C2CC2c2ccccc2-c2cccc(F)c2F)C1. The summed E-state index contributed by atoms with van der Waals surface area (Å²) in [6.07, 6.45) is 3.20. The number of benzene rings is 2. The largest absolute Gasteiger partial charge is 0.341 e. The summed E-state index contributed by atoms with van der Waals surface area (Å²) in [6, 6.07) is 11.1. The van der Waals surface area contributed by atoms with Crippen molar-refractivity contribution in [3.63, 3.8) is 0 Å². The van der Waals surface area contributed by atoms with Gasteiger partial charge in [-0.15, -0.1) is 0 Å². The highest BCUT2D eigenvalue weighted by atomic mass is 32.2. The van der Waals surface area contributed by atoms with Gasteiger partial charge >= 0.3 is 0 Å². The lowest BCUT2D eigenvalue weighted by molar-refractivity contribution is -0.133. The molecule has 1 heterocycles. The number of amides is 1. The first-order valence-electron chi connectivity index (χ1n) is 10.0. The van der Waals surface area contributed by atoms with Crippen LogP contribution in [0.2, 0.25) is 0 Å². The Morgan fingerprint density at radius 3 is 2.60 bits per heavy atom. The van der Waals surface area contributed by atoms with Gasteiger partial charge in [-0.1, -0.05) is 36.4 Å². The molecule has 4 rings (SSSR count). The second-order valence-electron chi connectivity index (χ2n) is 8.15. The number of carbonyl (C=O) groups excluding carboxylic acids is 1. The minimum atomic E-state index is -3.33. The highest BCUT2D eigenvalue weighted by Gasteiger charge is 2.47. The summed E-state index contributed by atoms with van der Waals surface area (Å²) in [5, 5.41) is 0. The zero-order valence-electron chi connectivity index (χ0n) is 16.6. The van der Waals surface area contributed by atoms with E-state index in [1.807, 2.05) is 12.1 Å². The van der Waals surface area contributed by atoms with Gasteiger partial charge in [0.25, 0.3) is 0 Å². The lowest BCUT2D eigenvalue weighted by atomic mass is 9.95. The molecule has 0 spiro atoms. The predicted molar refractivity (Wildman–Crippen MR) is 110 cm³/mol. The zero-order chi connectivity index (χ0) is 21.5. The summed E-state index contributed by atoms with van der Waals surface area (Å²) in [4.78, 5) is 14.8. The van der Waals surface area contributed by atoms with Crippen molar-refractivity contribution in [2.75, 3.05) is 19.3 Å². The third kappa shape index (κ3) is 4.39. The number of carbonyl (C=O) groups is 1. The first-order chi connectivity index (χ1) is 14.2. The van der Waals surface area contributed by atoms with Gasteiger partial charge in [0.1, 0.15) is 0 Å². The van der Waals surface area contributed by atoms with Crippen LogP contribution in [-0.2, 0) is 14.8 Å². The Bertz CT molecular complexity index is 1070. The zero-order valence-corrected chi connectivity index (χ0v) is 17.5. The Kier molecular flexibility index (Phi) is 5.63. The topological polar surface area (TPSA) is 66.5 Å². The number of nitrogens with one attached hydrogen (secondary N) is 1. The third-order valence-electron chi connectivity index (χ3n) is 5.82. The van der Waals surface area contributed by atoms with Crippen molar-refractivity contribution in [1.29, 1.82) is 0 Å². The minimum absolute atomic E-state index is 0.00508. The molecule has 1 N–H and O–H groups in total. The van der Waals surface area contributed by atoms with E-state index in [1.54, 1.807) is 23.1 Å². The quantitative estimate of drug-likeness (QED) is 0.786. The molecule has 3 atom stereocenters. The van der Waals surface area contributed by atoms with Crippen LogP contribution in [0.4, 0.5) is 8.78 Å². The van der Waals surface area contributed by atoms with Gasteiger partial charge < -0.3 is 4.90 Å². The Labute approximate surface area is 175 Å². The summed E-state index contributed by atoms with van der Waals surface area (Å²) >= 11 is 0. The molecule has 2 aromatic carbocycles. The number of sulfonamides is 1. The molecule has 1 aliphatic heterocycles. The van der Waals surface area contributed by atoms with Crippen LogP contribution in [-0.4, -0.2) is 44.6 Å². The van der Waals surface area contributed by atoms with Gasteiger partial charge in [-0.3, -0.25) is 4.79 Å². The van der Waals surface area contributed by atoms with Crippen LogP contribution in [0.1, 0.15) is 30.7 Å². The van der Waals surface area contributed by atoms with E-state index < -0.39 is 21.7 Å². The molecule has 2 fully saturated rings. The van der Waals surface area contributed by atoms with Crippen LogP contribution in [0.25, 0.3) is 11.1 Å². The number of halogens is 2. The molecule has 0 radical (unpaired) electrons. The van der Waals surface area contributed by atoms with Gasteiger partial charge in [-0.2, -0.15) is 0 Å². The molecule has 1 amide bonds. The fourth-order valence-electron chi connectivity index (χ4n) is 4.40. The van der Waals surface area contributed by atoms with Crippen molar-refractivity contribution in [3.8, 4) is 11.1 Å². The van der Waals surface area contributed by atoms with E-state index in [9.17, 15) is 22.0 Å². The van der Waals surface area contributed by atoms with Crippen molar-refractivity contribution in [3.05, 3.63) is 59.7 Å². The molecule has 0 aromatic heterocycles. The molecule has 160 valence electrons. The Hall–Kier alpha value is -2.32. The van der Waals surface area contributed by atoms with Gasteiger partial charge in [0, 0.05) is 30.6 Å². The van der Waals surface area contributed by atoms with Crippen LogP contribution in [0, 0.1) is 17.6 Å². The highest BCUT2D eigenvalue weighted by molar-refractivity contribution is 7.88. The Morgan fingerprint density at radius 2 is 1.83 bits per heavy atom. The number of hydrogen-bond donors (Lipinski definition) is 1. The van der Waals surface area contributed by atoms with Crippen molar-refractivity contribution in [2.45, 2.75) is 31.2 Å². The minimum Gasteiger partial charge on any atom is -0.341 e. The average molecular weight is 435 g/mol. The molecule has 1 saturated carbocycles. The van der Waals surface area contributed by atoms with E-state index in [4.69, 9.17) is 0 Å². The highest BCUT2D eigenvalue weighted by Crippen LogP contribution is 2.51. The first-order valence-corrected chi connectivity index (χ1v) is 11.9. The maximum absolute atomic E-state index is 14.4. The van der Waals surface area contributed by atoms with Gasteiger partial charge in [-0.05, 0) is 42.4 Å². The molecule has 1 aliphatic carbocycles. The molecule has 8 heteroatoms. The molecule has 30 heavy (non-hydrogen) atoms. The average Bonchev–Trinajstić information content (AvgIpc) is 3.49. The third-order valence-corrected chi connectivity index (χ3v) is 6.58. The lowest BCUT2D eigenvalue weighted by Crippen LogP contribution is -2.49. The van der Waals surface area contributed by atoms with Crippen LogP contribution in [0.3, 0.4) is 0 Å². The van der Waals surface area contributed by atoms with Gasteiger partial charge in [-0.25, -0.2) is 21.9 Å². The summed E-state index contributed by atoms with van der Waals surface area (Å²) in [5.41, 5.74) is 1.63. The number of hydrogen-bond acceptors (Lipinski definition) is 3. The van der Waals surface area contributed by atoms with Crippen LogP contribution < -0.4 is 4.72 Å². The predicted octanol–water partition coefficient (Wildman–Crippen LogP) is 3.28. The number of piperidine rings is 1. The van der Waals surface area contributed by atoms with Crippen LogP contribution >= 0.6 is 0 Å². The van der Waals surface area contributed by atoms with Crippen molar-refractivity contribution in [2.24, 2.45) is 5.92 Å². The van der Waals surface area contributed by atoms with Crippen molar-refractivity contribution < 1.29 is 22.0 Å². The number of nitrogens with zero attached hydrogens (tertiary/aromatic N) is 1. The van der Waals surface area contributed by atoms with Crippen molar-refractivity contribution in [1.82, 2.24) is 9.62 Å². The van der Waals surface area contributed by atoms with Crippen molar-refractivity contribution >= 4 is 15.9 Å². The first kappa shape index (κ1) is 20.9. The second kappa shape index (κ2) is 8.07. The van der Waals surface area contributed by atoms with E-state index in [-0.39, 0.29) is 29.3 Å². The summed E-state index contributed by atoms with van der Waals surface area (Å²) in [6.45, 7) is 0.958. The molecule has 0 bridgehead atoms. The Balaban J connectivity index is 1.51. The second-order valence-corrected chi connectivity index (χ2v) is 9.93. The maximum Gasteiger partial charge on any atom is 0.226 e. The summed E-state index contributed by atoms with van der Waals surface area (Å²) < 4.78 is 53.7. The normalized spacial score (nSPS) is 24.0. The number of rotatable bonds is 5. The van der Waals surface area contributed by atoms with E-state index in [2.05, 4.69) is 4.72 Å². The smallest absolute Gasteiger partial charge is 0.226 e. The van der Waals surface area contributed by atoms with E-state index in [1.165, 1.54) is 6.07 Å². The maximum atomic E-state index is 14.4. The van der Waals surface area contributed by atoms with E-state index in [0.717, 1.165) is 24.3 Å². The molecule has 2 aromatic rings. The molecule has 2 aliphatic rings. The summed E-state index contributed by atoms with van der Waals surface area (Å²) in [5.74, 6) is -2.07. The molecular formula is C22H24F2N2O3S. The molecule has 3 unspecified atom stereocenters. The standard InChI is InChI=1S/C22H24F2N2O3S/c1-30(28,29)25-14-6-5-11-26(13-14)22(27)19-12-18(19)16-8-3-2-7-15(16)17-9-4-10-20(23)21(17)24/h2-4,7-10,14,18-19,25H,5-6,11-13H2,1H3.